The Kier molecular flexibility index (Phi) is 2.95. The Morgan fingerprint density at radius 3 is 2.95 bits per heavy atom. The minimum atomic E-state index is 0.0348. The number of para-hydroxylation sites is 1. The van der Waals surface area contributed by atoms with Gasteiger partial charge in [0.25, 0.3) is 0 Å². The van der Waals surface area contributed by atoms with Gasteiger partial charge in [0.15, 0.2) is 0 Å². The Morgan fingerprint density at radius 1 is 1.37 bits per heavy atom. The van der Waals surface area contributed by atoms with Gasteiger partial charge in [-0.1, -0.05) is 18.2 Å². The molecule has 1 amide bonds. The third-order valence-electron chi connectivity index (χ3n) is 3.59. The van der Waals surface area contributed by atoms with Crippen molar-refractivity contribution in [1.29, 1.82) is 0 Å². The van der Waals surface area contributed by atoms with Crippen molar-refractivity contribution >= 4 is 22.5 Å². The van der Waals surface area contributed by atoms with E-state index in [1.54, 1.807) is 4.90 Å². The van der Waals surface area contributed by atoms with Crippen LogP contribution >= 0.6 is 0 Å². The van der Waals surface area contributed by atoms with Crippen molar-refractivity contribution in [3.63, 3.8) is 0 Å². The van der Waals surface area contributed by atoms with E-state index in [1.165, 1.54) is 0 Å². The number of pyridine rings is 1. The van der Waals surface area contributed by atoms with Crippen LogP contribution in [0.15, 0.2) is 30.3 Å². The van der Waals surface area contributed by atoms with Gasteiger partial charge >= 0.3 is 0 Å². The quantitative estimate of drug-likeness (QED) is 0.892. The number of amides is 1. The lowest BCUT2D eigenvalue weighted by Crippen LogP contribution is -2.25. The Morgan fingerprint density at radius 2 is 2.21 bits per heavy atom. The first-order valence-corrected chi connectivity index (χ1v) is 6.46. The maximum absolute atomic E-state index is 12.1. The highest BCUT2D eigenvalue weighted by Gasteiger charge is 2.31. The number of aliphatic hydroxyl groups is 1. The van der Waals surface area contributed by atoms with Gasteiger partial charge in [0.05, 0.1) is 11.2 Å². The first-order valence-electron chi connectivity index (χ1n) is 6.46. The number of nitrogens with zero attached hydrogens (tertiary/aromatic N) is 2. The SMILES string of the molecule is Cc1ccc2cccc(N3CC(CO)CC3=O)c2n1. The van der Waals surface area contributed by atoms with E-state index in [-0.39, 0.29) is 18.4 Å². The first kappa shape index (κ1) is 12.1. The smallest absolute Gasteiger partial charge is 0.227 e. The lowest BCUT2D eigenvalue weighted by molar-refractivity contribution is -0.117. The molecule has 0 spiro atoms. The molecule has 1 aliphatic heterocycles. The van der Waals surface area contributed by atoms with E-state index in [0.29, 0.717) is 13.0 Å². The number of hydrogen-bond acceptors (Lipinski definition) is 3. The van der Waals surface area contributed by atoms with Gasteiger partial charge in [-0.15, -0.1) is 0 Å². The van der Waals surface area contributed by atoms with Crippen molar-refractivity contribution in [3.05, 3.63) is 36.0 Å². The van der Waals surface area contributed by atoms with Crippen molar-refractivity contribution in [3.8, 4) is 0 Å². The standard InChI is InChI=1S/C15H16N2O2/c1-10-5-6-12-3-2-4-13(15(12)16-10)17-8-11(9-18)7-14(17)19/h2-6,11,18H,7-9H2,1H3. The first-order chi connectivity index (χ1) is 9.19. The molecule has 0 saturated carbocycles. The summed E-state index contributed by atoms with van der Waals surface area (Å²) in [6.45, 7) is 2.57. The Bertz CT molecular complexity index is 639. The molecule has 1 fully saturated rings. The molecule has 3 rings (SSSR count). The summed E-state index contributed by atoms with van der Waals surface area (Å²) in [5.41, 5.74) is 2.64. The highest BCUT2D eigenvalue weighted by Crippen LogP contribution is 2.30. The van der Waals surface area contributed by atoms with Gasteiger partial charge in [-0.05, 0) is 19.1 Å². The number of aryl methyl sites for hydroxylation is 1. The lowest BCUT2D eigenvalue weighted by atomic mass is 10.1. The molecule has 0 bridgehead atoms. The van der Waals surface area contributed by atoms with E-state index < -0.39 is 0 Å². The number of rotatable bonds is 2. The molecular formula is C15H16N2O2. The molecule has 4 nitrogen and oxygen atoms in total. The molecule has 2 aromatic rings. The molecule has 1 N–H and O–H groups in total. The molecule has 19 heavy (non-hydrogen) atoms. The van der Waals surface area contributed by atoms with Gasteiger partial charge in [-0.3, -0.25) is 9.78 Å². The normalized spacial score (nSPS) is 19.4. The van der Waals surface area contributed by atoms with Gasteiger partial charge in [-0.2, -0.15) is 0 Å². The zero-order valence-electron chi connectivity index (χ0n) is 10.8. The average Bonchev–Trinajstić information content (AvgIpc) is 2.79. The van der Waals surface area contributed by atoms with Crippen LogP contribution in [0.3, 0.4) is 0 Å². The summed E-state index contributed by atoms with van der Waals surface area (Å²) in [7, 11) is 0. The second kappa shape index (κ2) is 4.63. The van der Waals surface area contributed by atoms with Crippen LogP contribution in [0.1, 0.15) is 12.1 Å². The van der Waals surface area contributed by atoms with Gasteiger partial charge < -0.3 is 10.0 Å². The molecule has 1 aromatic carbocycles. The summed E-state index contributed by atoms with van der Waals surface area (Å²) in [4.78, 5) is 18.4. The average molecular weight is 256 g/mol. The highest BCUT2D eigenvalue weighted by molar-refractivity contribution is 6.03. The zero-order valence-corrected chi connectivity index (χ0v) is 10.8. The van der Waals surface area contributed by atoms with Crippen LogP contribution in [0, 0.1) is 12.8 Å². The monoisotopic (exact) mass is 256 g/mol. The predicted molar refractivity (Wildman–Crippen MR) is 74.0 cm³/mol. The van der Waals surface area contributed by atoms with Crippen molar-refractivity contribution in [2.75, 3.05) is 18.1 Å². The van der Waals surface area contributed by atoms with Crippen LogP contribution in [0.2, 0.25) is 0 Å². The molecule has 1 aromatic heterocycles. The van der Waals surface area contributed by atoms with Gasteiger partial charge in [0, 0.05) is 36.6 Å². The maximum Gasteiger partial charge on any atom is 0.227 e. The van der Waals surface area contributed by atoms with Gasteiger partial charge in [0.2, 0.25) is 5.91 Å². The zero-order chi connectivity index (χ0) is 13.4. The number of fused-ring (bicyclic) bond motifs is 1. The second-order valence-electron chi connectivity index (χ2n) is 5.06. The Hall–Kier alpha value is -1.94. The summed E-state index contributed by atoms with van der Waals surface area (Å²) in [6, 6.07) is 9.84. The van der Waals surface area contributed by atoms with Crippen LogP contribution in [0.25, 0.3) is 10.9 Å². The van der Waals surface area contributed by atoms with Gasteiger partial charge in [-0.25, -0.2) is 0 Å². The fourth-order valence-electron chi connectivity index (χ4n) is 2.58. The fourth-order valence-corrected chi connectivity index (χ4v) is 2.58. The number of carbonyl (C=O) groups is 1. The molecule has 1 saturated heterocycles. The topological polar surface area (TPSA) is 53.4 Å². The summed E-state index contributed by atoms with van der Waals surface area (Å²) < 4.78 is 0. The molecule has 98 valence electrons. The molecule has 0 aliphatic carbocycles. The largest absolute Gasteiger partial charge is 0.396 e. The molecule has 0 radical (unpaired) electrons. The van der Waals surface area contributed by atoms with Crippen molar-refractivity contribution in [2.45, 2.75) is 13.3 Å². The van der Waals surface area contributed by atoms with Crippen LogP contribution < -0.4 is 4.90 Å². The minimum Gasteiger partial charge on any atom is -0.396 e. The van der Waals surface area contributed by atoms with Crippen LogP contribution in [-0.4, -0.2) is 29.1 Å². The third-order valence-corrected chi connectivity index (χ3v) is 3.59. The summed E-state index contributed by atoms with van der Waals surface area (Å²) in [6.07, 6.45) is 0.415. The third kappa shape index (κ3) is 2.08. The van der Waals surface area contributed by atoms with Crippen molar-refractivity contribution in [1.82, 2.24) is 4.98 Å². The second-order valence-corrected chi connectivity index (χ2v) is 5.06. The molecule has 1 aliphatic rings. The molecule has 4 heteroatoms. The Labute approximate surface area is 111 Å². The fraction of sp³-hybridized carbons (Fsp3) is 0.333. The number of hydrogen-bond donors (Lipinski definition) is 1. The van der Waals surface area contributed by atoms with E-state index in [9.17, 15) is 9.90 Å². The van der Waals surface area contributed by atoms with Crippen LogP contribution in [0.4, 0.5) is 5.69 Å². The Balaban J connectivity index is 2.10. The van der Waals surface area contributed by atoms with Gasteiger partial charge in [0.1, 0.15) is 0 Å². The van der Waals surface area contributed by atoms with Crippen molar-refractivity contribution < 1.29 is 9.90 Å². The highest BCUT2D eigenvalue weighted by atomic mass is 16.3. The predicted octanol–water partition coefficient (Wildman–Crippen LogP) is 1.89. The molecular weight excluding hydrogens is 240 g/mol. The van der Waals surface area contributed by atoms with Crippen molar-refractivity contribution in [2.24, 2.45) is 5.92 Å². The number of aromatic nitrogens is 1. The van der Waals surface area contributed by atoms with Crippen LogP contribution in [-0.2, 0) is 4.79 Å². The number of anilines is 1. The summed E-state index contributed by atoms with van der Waals surface area (Å²) >= 11 is 0. The van der Waals surface area contributed by atoms with E-state index in [4.69, 9.17) is 0 Å². The number of benzene rings is 1. The van der Waals surface area contributed by atoms with E-state index in [2.05, 4.69) is 4.98 Å². The number of aliphatic hydroxyl groups excluding tert-OH is 1. The molecule has 1 atom stereocenters. The number of carbonyl (C=O) groups excluding carboxylic acids is 1. The lowest BCUT2D eigenvalue weighted by Gasteiger charge is -2.18. The van der Waals surface area contributed by atoms with E-state index in [0.717, 1.165) is 22.3 Å². The van der Waals surface area contributed by atoms with E-state index >= 15 is 0 Å². The minimum absolute atomic E-state index is 0.0348. The molecule has 2 heterocycles. The maximum atomic E-state index is 12.1. The summed E-state index contributed by atoms with van der Waals surface area (Å²) in [5.74, 6) is 0.0995. The van der Waals surface area contributed by atoms with E-state index in [1.807, 2.05) is 37.3 Å². The summed E-state index contributed by atoms with van der Waals surface area (Å²) in [5, 5.41) is 10.2. The van der Waals surface area contributed by atoms with Crippen LogP contribution in [0.5, 0.6) is 0 Å². The molecule has 1 unspecified atom stereocenters.